The fourth-order valence-electron chi connectivity index (χ4n) is 6.69. The Hall–Kier alpha value is -1.31. The SMILES string of the molecule is Cc1cccc(NC(=O)C23CC4C[C@@](C)(C2)C[C@](C)(C4)C3)c1. The third kappa shape index (κ3) is 2.19. The van der Waals surface area contributed by atoms with Crippen molar-refractivity contribution < 1.29 is 4.79 Å². The van der Waals surface area contributed by atoms with Gasteiger partial charge in [0.2, 0.25) is 5.91 Å². The van der Waals surface area contributed by atoms with Crippen molar-refractivity contribution in [3.8, 4) is 0 Å². The van der Waals surface area contributed by atoms with Gasteiger partial charge in [-0.15, -0.1) is 0 Å². The average Bonchev–Trinajstić information content (AvgIpc) is 2.34. The Morgan fingerprint density at radius 3 is 2.36 bits per heavy atom. The topological polar surface area (TPSA) is 29.1 Å². The first-order valence-corrected chi connectivity index (χ1v) is 8.68. The summed E-state index contributed by atoms with van der Waals surface area (Å²) in [6.45, 7) is 6.91. The molecule has 4 aliphatic carbocycles. The minimum Gasteiger partial charge on any atom is -0.326 e. The molecular formula is C20H27NO. The van der Waals surface area contributed by atoms with Crippen molar-refractivity contribution >= 4 is 11.6 Å². The van der Waals surface area contributed by atoms with Gasteiger partial charge in [0.25, 0.3) is 0 Å². The molecule has 0 heterocycles. The molecule has 4 bridgehead atoms. The number of aryl methyl sites for hydroxylation is 1. The van der Waals surface area contributed by atoms with Crippen molar-refractivity contribution in [2.45, 2.75) is 59.3 Å². The summed E-state index contributed by atoms with van der Waals surface area (Å²) in [6, 6.07) is 8.17. The first-order chi connectivity index (χ1) is 10.3. The van der Waals surface area contributed by atoms with Gasteiger partial charge in [-0.25, -0.2) is 0 Å². The standard InChI is InChI=1S/C20H27NO/c1-14-5-4-6-16(7-14)21-17(22)20-10-15-8-18(2,12-20)11-19(3,9-15)13-20/h4-7,15H,8-13H2,1-3H3,(H,21,22)/t15?,18-,19+,20?. The van der Waals surface area contributed by atoms with E-state index in [1.807, 2.05) is 12.1 Å². The Morgan fingerprint density at radius 2 is 1.77 bits per heavy atom. The summed E-state index contributed by atoms with van der Waals surface area (Å²) in [7, 11) is 0. The van der Waals surface area contributed by atoms with Crippen LogP contribution in [-0.4, -0.2) is 5.91 Å². The molecule has 1 amide bonds. The van der Waals surface area contributed by atoms with E-state index < -0.39 is 0 Å². The van der Waals surface area contributed by atoms with Crippen molar-refractivity contribution in [1.82, 2.24) is 0 Å². The van der Waals surface area contributed by atoms with Crippen molar-refractivity contribution in [1.29, 1.82) is 0 Å². The Kier molecular flexibility index (Phi) is 2.84. The second-order valence-corrected chi connectivity index (χ2v) is 9.23. The first-order valence-electron chi connectivity index (χ1n) is 8.68. The number of carbonyl (C=O) groups excluding carboxylic acids is 1. The molecule has 4 fully saturated rings. The lowest BCUT2D eigenvalue weighted by Gasteiger charge is -2.64. The van der Waals surface area contributed by atoms with E-state index in [0.717, 1.165) is 30.9 Å². The number of hydrogen-bond acceptors (Lipinski definition) is 1. The van der Waals surface area contributed by atoms with Crippen molar-refractivity contribution in [2.24, 2.45) is 22.2 Å². The number of rotatable bonds is 2. The van der Waals surface area contributed by atoms with Gasteiger partial charge < -0.3 is 5.32 Å². The number of benzene rings is 1. The summed E-state index contributed by atoms with van der Waals surface area (Å²) in [5.41, 5.74) is 2.81. The maximum Gasteiger partial charge on any atom is 0.230 e. The molecule has 1 aromatic rings. The molecule has 1 aromatic carbocycles. The van der Waals surface area contributed by atoms with Crippen molar-refractivity contribution in [2.75, 3.05) is 5.32 Å². The number of carbonyl (C=O) groups is 1. The molecule has 0 aliphatic heterocycles. The summed E-state index contributed by atoms with van der Waals surface area (Å²) in [5, 5.41) is 3.24. The van der Waals surface area contributed by atoms with Crippen LogP contribution in [0.2, 0.25) is 0 Å². The minimum atomic E-state index is -0.118. The third-order valence-electron chi connectivity index (χ3n) is 6.38. The Balaban J connectivity index is 1.62. The van der Waals surface area contributed by atoms with E-state index in [9.17, 15) is 4.79 Å². The Labute approximate surface area is 133 Å². The van der Waals surface area contributed by atoms with E-state index in [1.165, 1.54) is 24.8 Å². The molecule has 4 aliphatic rings. The Morgan fingerprint density at radius 1 is 1.09 bits per heavy atom. The molecule has 4 atom stereocenters. The monoisotopic (exact) mass is 297 g/mol. The van der Waals surface area contributed by atoms with Crippen molar-refractivity contribution in [3.05, 3.63) is 29.8 Å². The lowest BCUT2D eigenvalue weighted by molar-refractivity contribution is -0.165. The van der Waals surface area contributed by atoms with Crippen LogP contribution in [0.3, 0.4) is 0 Å². The second-order valence-electron chi connectivity index (χ2n) is 9.23. The van der Waals surface area contributed by atoms with Gasteiger partial charge in [0, 0.05) is 5.69 Å². The number of amides is 1. The molecule has 2 unspecified atom stereocenters. The molecule has 0 spiro atoms. The maximum absolute atomic E-state index is 13.2. The predicted molar refractivity (Wildman–Crippen MR) is 89.6 cm³/mol. The normalized spacial score (nSPS) is 42.4. The zero-order chi connectivity index (χ0) is 15.6. The molecule has 22 heavy (non-hydrogen) atoms. The van der Waals surface area contributed by atoms with Crippen LogP contribution < -0.4 is 5.32 Å². The fourth-order valence-corrected chi connectivity index (χ4v) is 6.69. The van der Waals surface area contributed by atoms with Gasteiger partial charge in [0.1, 0.15) is 0 Å². The van der Waals surface area contributed by atoms with Crippen LogP contribution in [0.4, 0.5) is 5.69 Å². The van der Waals surface area contributed by atoms with E-state index in [0.29, 0.717) is 10.8 Å². The molecular weight excluding hydrogens is 270 g/mol. The molecule has 1 N–H and O–H groups in total. The van der Waals surface area contributed by atoms with E-state index >= 15 is 0 Å². The lowest BCUT2D eigenvalue weighted by Crippen LogP contribution is -2.58. The molecule has 5 rings (SSSR count). The van der Waals surface area contributed by atoms with Crippen LogP contribution in [-0.2, 0) is 4.79 Å². The van der Waals surface area contributed by atoms with Crippen LogP contribution >= 0.6 is 0 Å². The fraction of sp³-hybridized carbons (Fsp3) is 0.650. The van der Waals surface area contributed by atoms with E-state index in [2.05, 4.69) is 38.2 Å². The van der Waals surface area contributed by atoms with Gasteiger partial charge in [-0.05, 0) is 79.9 Å². The predicted octanol–water partition coefficient (Wildman–Crippen LogP) is 4.93. The molecule has 4 saturated carbocycles. The Bertz CT molecular complexity index is 616. The van der Waals surface area contributed by atoms with Crippen LogP contribution in [0.15, 0.2) is 24.3 Å². The highest BCUT2D eigenvalue weighted by molar-refractivity contribution is 5.95. The van der Waals surface area contributed by atoms with Gasteiger partial charge in [-0.2, -0.15) is 0 Å². The smallest absolute Gasteiger partial charge is 0.230 e. The molecule has 2 heteroatoms. The van der Waals surface area contributed by atoms with Gasteiger partial charge in [-0.3, -0.25) is 4.79 Å². The number of nitrogens with one attached hydrogen (secondary N) is 1. The van der Waals surface area contributed by atoms with Gasteiger partial charge in [0.15, 0.2) is 0 Å². The first kappa shape index (κ1) is 14.3. The van der Waals surface area contributed by atoms with Crippen molar-refractivity contribution in [3.63, 3.8) is 0 Å². The molecule has 0 saturated heterocycles. The zero-order valence-electron chi connectivity index (χ0n) is 14.0. The van der Waals surface area contributed by atoms with Crippen LogP contribution in [0.5, 0.6) is 0 Å². The highest BCUT2D eigenvalue weighted by Crippen LogP contribution is 2.69. The van der Waals surface area contributed by atoms with E-state index in [4.69, 9.17) is 0 Å². The number of hydrogen-bond donors (Lipinski definition) is 1. The summed E-state index contributed by atoms with van der Waals surface area (Å²) >= 11 is 0. The van der Waals surface area contributed by atoms with Crippen LogP contribution in [0.25, 0.3) is 0 Å². The molecule has 2 nitrogen and oxygen atoms in total. The highest BCUT2D eigenvalue weighted by Gasteiger charge is 2.62. The summed E-state index contributed by atoms with van der Waals surface area (Å²) in [4.78, 5) is 13.2. The largest absolute Gasteiger partial charge is 0.326 e. The average molecular weight is 297 g/mol. The molecule has 0 aromatic heterocycles. The third-order valence-corrected chi connectivity index (χ3v) is 6.38. The summed E-state index contributed by atoms with van der Waals surface area (Å²) in [6.07, 6.45) is 7.27. The molecule has 118 valence electrons. The van der Waals surface area contributed by atoms with Crippen LogP contribution in [0.1, 0.15) is 57.9 Å². The quantitative estimate of drug-likeness (QED) is 0.824. The zero-order valence-corrected chi connectivity index (χ0v) is 14.0. The van der Waals surface area contributed by atoms with Gasteiger partial charge in [-0.1, -0.05) is 26.0 Å². The second kappa shape index (κ2) is 4.37. The van der Waals surface area contributed by atoms with E-state index in [-0.39, 0.29) is 11.3 Å². The lowest BCUT2D eigenvalue weighted by atomic mass is 9.40. The van der Waals surface area contributed by atoms with E-state index in [1.54, 1.807) is 0 Å². The maximum atomic E-state index is 13.2. The summed E-state index contributed by atoms with van der Waals surface area (Å²) in [5.74, 6) is 1.04. The highest BCUT2D eigenvalue weighted by atomic mass is 16.2. The molecule has 0 radical (unpaired) electrons. The number of anilines is 1. The van der Waals surface area contributed by atoms with Gasteiger partial charge >= 0.3 is 0 Å². The van der Waals surface area contributed by atoms with Gasteiger partial charge in [0.05, 0.1) is 5.41 Å². The van der Waals surface area contributed by atoms with Crippen LogP contribution in [0, 0.1) is 29.1 Å². The summed E-state index contributed by atoms with van der Waals surface area (Å²) < 4.78 is 0. The minimum absolute atomic E-state index is 0.118.